The summed E-state index contributed by atoms with van der Waals surface area (Å²) in [5.41, 5.74) is 3.17. The van der Waals surface area contributed by atoms with Crippen LogP contribution >= 0.6 is 0 Å². The van der Waals surface area contributed by atoms with Crippen LogP contribution in [0.25, 0.3) is 0 Å². The highest BCUT2D eigenvalue weighted by atomic mass is 16.3. The van der Waals surface area contributed by atoms with E-state index in [2.05, 4.69) is 25.4 Å². The summed E-state index contributed by atoms with van der Waals surface area (Å²) in [4.78, 5) is 0. The van der Waals surface area contributed by atoms with E-state index in [1.807, 2.05) is 12.1 Å². The Hall–Kier alpha value is -1.02. The summed E-state index contributed by atoms with van der Waals surface area (Å²) in [6.07, 6.45) is 7.59. The van der Waals surface area contributed by atoms with Crippen molar-refractivity contribution < 1.29 is 5.11 Å². The molecular formula is C17H25NO. The highest BCUT2D eigenvalue weighted by molar-refractivity contribution is 5.44. The third-order valence-corrected chi connectivity index (χ3v) is 5.65. The molecule has 2 N–H and O–H groups in total. The van der Waals surface area contributed by atoms with Gasteiger partial charge in [-0.05, 0) is 67.3 Å². The number of fused-ring (bicyclic) bond motifs is 3. The fourth-order valence-electron chi connectivity index (χ4n) is 4.70. The largest absolute Gasteiger partial charge is 0.508 e. The van der Waals surface area contributed by atoms with Gasteiger partial charge in [-0.1, -0.05) is 25.8 Å². The van der Waals surface area contributed by atoms with Gasteiger partial charge in [-0.25, -0.2) is 0 Å². The second kappa shape index (κ2) is 4.82. The van der Waals surface area contributed by atoms with Crippen molar-refractivity contribution in [3.63, 3.8) is 0 Å². The van der Waals surface area contributed by atoms with Crippen LogP contribution in [0.1, 0.15) is 50.2 Å². The summed E-state index contributed by atoms with van der Waals surface area (Å²) in [5.74, 6) is 1.16. The molecule has 0 amide bonds. The number of likely N-dealkylation sites (N-methyl/N-ethyl adjacent to an activating group) is 1. The maximum Gasteiger partial charge on any atom is 0.115 e. The van der Waals surface area contributed by atoms with Crippen molar-refractivity contribution in [2.75, 3.05) is 7.05 Å². The smallest absolute Gasteiger partial charge is 0.115 e. The van der Waals surface area contributed by atoms with E-state index >= 15 is 0 Å². The minimum Gasteiger partial charge on any atom is -0.508 e. The standard InChI is InChI=1S/C17H25NO/c1-3-17-9-5-4-6-14(17)16(18-2)10-12-7-8-13(19)11-15(12)17/h7-8,11,14,16,18-19H,3-6,9-10H2,1-2H3/t14?,16-,17+/m0/s1. The minimum absolute atomic E-state index is 0.290. The maximum atomic E-state index is 9.90. The molecule has 0 aromatic heterocycles. The molecule has 1 saturated carbocycles. The van der Waals surface area contributed by atoms with Gasteiger partial charge in [-0.2, -0.15) is 0 Å². The minimum atomic E-state index is 0.290. The SMILES string of the molecule is CC[C@@]12CCCCC1[C@@H](NC)Cc1ccc(O)cc12. The Kier molecular flexibility index (Phi) is 3.30. The van der Waals surface area contributed by atoms with E-state index in [0.29, 0.717) is 11.8 Å². The number of hydrogen-bond donors (Lipinski definition) is 2. The summed E-state index contributed by atoms with van der Waals surface area (Å²) >= 11 is 0. The Morgan fingerprint density at radius 3 is 2.95 bits per heavy atom. The van der Waals surface area contributed by atoms with Crippen LogP contribution in [0.4, 0.5) is 0 Å². The van der Waals surface area contributed by atoms with Crippen LogP contribution in [0, 0.1) is 5.92 Å². The van der Waals surface area contributed by atoms with Crippen molar-refractivity contribution >= 4 is 0 Å². The molecule has 2 aliphatic carbocycles. The maximum absolute atomic E-state index is 9.90. The lowest BCUT2D eigenvalue weighted by molar-refractivity contribution is 0.120. The van der Waals surface area contributed by atoms with Gasteiger partial charge in [0.25, 0.3) is 0 Å². The van der Waals surface area contributed by atoms with Gasteiger partial charge in [-0.3, -0.25) is 0 Å². The van der Waals surface area contributed by atoms with Crippen LogP contribution in [0.2, 0.25) is 0 Å². The fourth-order valence-corrected chi connectivity index (χ4v) is 4.70. The molecule has 0 bridgehead atoms. The highest BCUT2D eigenvalue weighted by Crippen LogP contribution is 2.52. The van der Waals surface area contributed by atoms with Gasteiger partial charge in [-0.15, -0.1) is 0 Å². The van der Waals surface area contributed by atoms with Crippen molar-refractivity contribution in [1.82, 2.24) is 5.32 Å². The van der Waals surface area contributed by atoms with Crippen LogP contribution in [0.5, 0.6) is 5.75 Å². The first kappa shape index (κ1) is 13.0. The van der Waals surface area contributed by atoms with Crippen molar-refractivity contribution in [3.8, 4) is 5.75 Å². The highest BCUT2D eigenvalue weighted by Gasteiger charge is 2.48. The average Bonchev–Trinajstić information content (AvgIpc) is 2.46. The molecule has 2 heteroatoms. The Morgan fingerprint density at radius 1 is 1.37 bits per heavy atom. The Morgan fingerprint density at radius 2 is 2.21 bits per heavy atom. The molecule has 0 spiro atoms. The van der Waals surface area contributed by atoms with E-state index in [-0.39, 0.29) is 5.41 Å². The lowest BCUT2D eigenvalue weighted by atomic mass is 9.54. The number of aromatic hydroxyl groups is 1. The topological polar surface area (TPSA) is 32.3 Å². The van der Waals surface area contributed by atoms with Crippen LogP contribution in [0.15, 0.2) is 18.2 Å². The number of benzene rings is 1. The normalized spacial score (nSPS) is 33.6. The lowest BCUT2D eigenvalue weighted by Crippen LogP contribution is -2.53. The van der Waals surface area contributed by atoms with Crippen LogP contribution < -0.4 is 5.32 Å². The Labute approximate surface area is 116 Å². The molecule has 3 atom stereocenters. The van der Waals surface area contributed by atoms with Crippen LogP contribution in [-0.4, -0.2) is 18.2 Å². The second-order valence-electron chi connectivity index (χ2n) is 6.30. The molecule has 1 aromatic rings. The molecule has 0 radical (unpaired) electrons. The van der Waals surface area contributed by atoms with E-state index in [4.69, 9.17) is 0 Å². The summed E-state index contributed by atoms with van der Waals surface area (Å²) in [5, 5.41) is 13.5. The molecule has 19 heavy (non-hydrogen) atoms. The molecule has 104 valence electrons. The molecule has 1 fully saturated rings. The summed E-state index contributed by atoms with van der Waals surface area (Å²) < 4.78 is 0. The second-order valence-corrected chi connectivity index (χ2v) is 6.30. The van der Waals surface area contributed by atoms with Crippen LogP contribution in [0.3, 0.4) is 0 Å². The zero-order valence-electron chi connectivity index (χ0n) is 12.1. The molecule has 3 rings (SSSR count). The molecule has 0 heterocycles. The van der Waals surface area contributed by atoms with Gasteiger partial charge in [0.2, 0.25) is 0 Å². The van der Waals surface area contributed by atoms with Crippen LogP contribution in [-0.2, 0) is 11.8 Å². The fraction of sp³-hybridized carbons (Fsp3) is 0.647. The number of phenolic OH excluding ortho intramolecular Hbond substituents is 1. The lowest BCUT2D eigenvalue weighted by Gasteiger charge is -2.52. The summed E-state index contributed by atoms with van der Waals surface area (Å²) in [7, 11) is 2.10. The molecule has 0 aliphatic heterocycles. The molecule has 1 unspecified atom stereocenters. The molecule has 0 saturated heterocycles. The van der Waals surface area contributed by atoms with Gasteiger partial charge < -0.3 is 10.4 Å². The summed E-state index contributed by atoms with van der Waals surface area (Å²) in [6, 6.07) is 6.62. The number of hydrogen-bond acceptors (Lipinski definition) is 2. The monoisotopic (exact) mass is 259 g/mol. The van der Waals surface area contributed by atoms with Crippen molar-refractivity contribution in [1.29, 1.82) is 0 Å². The number of phenols is 1. The summed E-state index contributed by atoms with van der Waals surface area (Å²) in [6.45, 7) is 2.32. The van der Waals surface area contributed by atoms with E-state index in [1.165, 1.54) is 43.2 Å². The van der Waals surface area contributed by atoms with Gasteiger partial charge in [0.15, 0.2) is 0 Å². The Bertz CT molecular complexity index is 470. The molecule has 2 nitrogen and oxygen atoms in total. The van der Waals surface area contributed by atoms with Crippen molar-refractivity contribution in [2.45, 2.75) is 56.9 Å². The van der Waals surface area contributed by atoms with E-state index < -0.39 is 0 Å². The predicted octanol–water partition coefficient (Wildman–Crippen LogP) is 3.37. The Balaban J connectivity index is 2.15. The first-order valence-corrected chi connectivity index (χ1v) is 7.71. The van der Waals surface area contributed by atoms with E-state index in [1.54, 1.807) is 0 Å². The quantitative estimate of drug-likeness (QED) is 0.853. The van der Waals surface area contributed by atoms with E-state index in [0.717, 1.165) is 12.3 Å². The average molecular weight is 259 g/mol. The predicted molar refractivity (Wildman–Crippen MR) is 78.6 cm³/mol. The zero-order valence-corrected chi connectivity index (χ0v) is 12.1. The third kappa shape index (κ3) is 1.88. The molecule has 2 aliphatic rings. The number of nitrogens with one attached hydrogen (secondary N) is 1. The molecule has 1 aromatic carbocycles. The van der Waals surface area contributed by atoms with E-state index in [9.17, 15) is 5.11 Å². The first-order chi connectivity index (χ1) is 9.21. The molecular weight excluding hydrogens is 234 g/mol. The first-order valence-electron chi connectivity index (χ1n) is 7.71. The van der Waals surface area contributed by atoms with Crippen molar-refractivity contribution in [3.05, 3.63) is 29.3 Å². The zero-order chi connectivity index (χ0) is 13.5. The van der Waals surface area contributed by atoms with Gasteiger partial charge in [0, 0.05) is 6.04 Å². The van der Waals surface area contributed by atoms with Gasteiger partial charge in [0.05, 0.1) is 0 Å². The number of rotatable bonds is 2. The van der Waals surface area contributed by atoms with Crippen molar-refractivity contribution in [2.24, 2.45) is 5.92 Å². The van der Waals surface area contributed by atoms with Gasteiger partial charge in [0.1, 0.15) is 5.75 Å². The van der Waals surface area contributed by atoms with Gasteiger partial charge >= 0.3 is 0 Å². The third-order valence-electron chi connectivity index (χ3n) is 5.65.